The number of amides is 1. The first-order valence-corrected chi connectivity index (χ1v) is 8.02. The van der Waals surface area contributed by atoms with Crippen LogP contribution in [-0.4, -0.2) is 18.6 Å². The molecule has 124 valence electrons. The van der Waals surface area contributed by atoms with Crippen molar-refractivity contribution in [3.63, 3.8) is 0 Å². The quantitative estimate of drug-likeness (QED) is 0.792. The summed E-state index contributed by atoms with van der Waals surface area (Å²) in [6.07, 6.45) is 2.81. The highest BCUT2D eigenvalue weighted by atomic mass is 16.5. The van der Waals surface area contributed by atoms with Crippen molar-refractivity contribution in [2.75, 3.05) is 6.54 Å². The second kappa shape index (κ2) is 7.86. The van der Waals surface area contributed by atoms with E-state index in [9.17, 15) is 4.79 Å². The molecule has 1 aromatic heterocycles. The molecule has 2 aromatic rings. The Balaban J connectivity index is 1.80. The van der Waals surface area contributed by atoms with Gasteiger partial charge in [-0.1, -0.05) is 6.07 Å². The lowest BCUT2D eigenvalue weighted by Crippen LogP contribution is -2.37. The van der Waals surface area contributed by atoms with Crippen LogP contribution in [0.3, 0.4) is 0 Å². The molecular weight excluding hydrogens is 290 g/mol. The largest absolute Gasteiger partial charge is 0.481 e. The van der Waals surface area contributed by atoms with E-state index in [1.807, 2.05) is 32.0 Å². The van der Waals surface area contributed by atoms with E-state index in [1.54, 1.807) is 13.2 Å². The van der Waals surface area contributed by atoms with Crippen molar-refractivity contribution < 1.29 is 13.9 Å². The van der Waals surface area contributed by atoms with E-state index < -0.39 is 6.10 Å². The number of rotatable bonds is 7. The van der Waals surface area contributed by atoms with Gasteiger partial charge in [0.2, 0.25) is 0 Å². The van der Waals surface area contributed by atoms with Crippen LogP contribution < -0.4 is 10.1 Å². The van der Waals surface area contributed by atoms with Gasteiger partial charge in [-0.3, -0.25) is 4.79 Å². The highest BCUT2D eigenvalue weighted by Gasteiger charge is 2.16. The van der Waals surface area contributed by atoms with Crippen LogP contribution in [0.4, 0.5) is 0 Å². The van der Waals surface area contributed by atoms with Crippen LogP contribution in [-0.2, 0) is 11.2 Å². The number of carbonyl (C=O) groups is 1. The highest BCUT2D eigenvalue weighted by Crippen LogP contribution is 2.24. The molecule has 1 unspecified atom stereocenters. The van der Waals surface area contributed by atoms with Gasteiger partial charge < -0.3 is 14.5 Å². The fourth-order valence-corrected chi connectivity index (χ4v) is 2.44. The molecule has 1 N–H and O–H groups in total. The highest BCUT2D eigenvalue weighted by molar-refractivity contribution is 5.80. The Kier molecular flexibility index (Phi) is 5.85. The SMILES string of the molecule is Cc1cc(C)c(C)c(OC(C)C(=O)NCCCc2ccco2)c1. The normalized spacial score (nSPS) is 12.0. The minimum atomic E-state index is -0.515. The lowest BCUT2D eigenvalue weighted by atomic mass is 10.1. The van der Waals surface area contributed by atoms with Crippen LogP contribution in [0.2, 0.25) is 0 Å². The average molecular weight is 315 g/mol. The molecule has 0 aliphatic carbocycles. The Labute approximate surface area is 137 Å². The summed E-state index contributed by atoms with van der Waals surface area (Å²) in [7, 11) is 0. The molecule has 0 saturated heterocycles. The molecule has 0 aliphatic heterocycles. The molecule has 0 bridgehead atoms. The summed E-state index contributed by atoms with van der Waals surface area (Å²) in [6, 6.07) is 7.90. The topological polar surface area (TPSA) is 51.5 Å². The van der Waals surface area contributed by atoms with Crippen LogP contribution in [0, 0.1) is 20.8 Å². The van der Waals surface area contributed by atoms with Crippen LogP contribution in [0.25, 0.3) is 0 Å². The Morgan fingerprint density at radius 1 is 1.30 bits per heavy atom. The predicted molar refractivity (Wildman–Crippen MR) is 90.8 cm³/mol. The van der Waals surface area contributed by atoms with Crippen molar-refractivity contribution in [1.82, 2.24) is 5.32 Å². The fourth-order valence-electron chi connectivity index (χ4n) is 2.44. The number of nitrogens with one attached hydrogen (secondary N) is 1. The van der Waals surface area contributed by atoms with E-state index in [2.05, 4.69) is 18.3 Å². The summed E-state index contributed by atoms with van der Waals surface area (Å²) in [6.45, 7) is 8.48. The van der Waals surface area contributed by atoms with E-state index in [0.29, 0.717) is 6.54 Å². The van der Waals surface area contributed by atoms with Crippen molar-refractivity contribution in [1.29, 1.82) is 0 Å². The molecular formula is C19H25NO3. The van der Waals surface area contributed by atoms with Gasteiger partial charge in [-0.2, -0.15) is 0 Å². The number of ether oxygens (including phenoxy) is 1. The zero-order valence-corrected chi connectivity index (χ0v) is 14.3. The number of aryl methyl sites for hydroxylation is 3. The van der Waals surface area contributed by atoms with Crippen molar-refractivity contribution in [2.45, 2.75) is 46.6 Å². The Bertz CT molecular complexity index is 647. The maximum atomic E-state index is 12.1. The molecule has 2 rings (SSSR count). The molecule has 1 atom stereocenters. The summed E-state index contributed by atoms with van der Waals surface area (Å²) in [5.74, 6) is 1.62. The van der Waals surface area contributed by atoms with E-state index in [-0.39, 0.29) is 5.91 Å². The lowest BCUT2D eigenvalue weighted by Gasteiger charge is -2.18. The molecule has 0 fully saturated rings. The smallest absolute Gasteiger partial charge is 0.260 e. The third kappa shape index (κ3) is 4.88. The van der Waals surface area contributed by atoms with E-state index in [4.69, 9.17) is 9.15 Å². The third-order valence-corrected chi connectivity index (χ3v) is 3.92. The molecule has 0 aliphatic rings. The standard InChI is InChI=1S/C19H25NO3/c1-13-11-14(2)15(3)18(12-13)23-16(4)19(21)20-9-5-7-17-8-6-10-22-17/h6,8,10-12,16H,5,7,9H2,1-4H3,(H,20,21). The Morgan fingerprint density at radius 3 is 2.78 bits per heavy atom. The first-order chi connectivity index (χ1) is 11.0. The predicted octanol–water partition coefficient (Wildman–Crippen LogP) is 3.72. The summed E-state index contributed by atoms with van der Waals surface area (Å²) < 4.78 is 11.1. The van der Waals surface area contributed by atoms with Crippen molar-refractivity contribution >= 4 is 5.91 Å². The number of furan rings is 1. The molecule has 4 nitrogen and oxygen atoms in total. The summed E-state index contributed by atoms with van der Waals surface area (Å²) >= 11 is 0. The van der Waals surface area contributed by atoms with Gasteiger partial charge in [0.1, 0.15) is 11.5 Å². The maximum absolute atomic E-state index is 12.1. The van der Waals surface area contributed by atoms with Crippen molar-refractivity contribution in [3.05, 3.63) is 53.0 Å². The monoisotopic (exact) mass is 315 g/mol. The average Bonchev–Trinajstić information content (AvgIpc) is 3.01. The molecule has 4 heteroatoms. The van der Waals surface area contributed by atoms with Crippen LogP contribution in [0.5, 0.6) is 5.75 Å². The minimum absolute atomic E-state index is 0.0944. The number of hydrogen-bond donors (Lipinski definition) is 1. The van der Waals surface area contributed by atoms with Gasteiger partial charge in [-0.15, -0.1) is 0 Å². The molecule has 23 heavy (non-hydrogen) atoms. The molecule has 0 saturated carbocycles. The molecule has 1 amide bonds. The minimum Gasteiger partial charge on any atom is -0.481 e. The zero-order chi connectivity index (χ0) is 16.8. The van der Waals surface area contributed by atoms with Gasteiger partial charge in [0.25, 0.3) is 5.91 Å². The van der Waals surface area contributed by atoms with Gasteiger partial charge in [0.15, 0.2) is 6.10 Å². The summed E-state index contributed by atoms with van der Waals surface area (Å²) in [4.78, 5) is 12.1. The maximum Gasteiger partial charge on any atom is 0.260 e. The molecule has 0 spiro atoms. The Morgan fingerprint density at radius 2 is 2.09 bits per heavy atom. The van der Waals surface area contributed by atoms with E-state index in [1.165, 1.54) is 5.56 Å². The first kappa shape index (κ1) is 17.1. The van der Waals surface area contributed by atoms with E-state index in [0.717, 1.165) is 35.5 Å². The summed E-state index contributed by atoms with van der Waals surface area (Å²) in [5.41, 5.74) is 3.38. The van der Waals surface area contributed by atoms with Crippen molar-refractivity contribution in [3.8, 4) is 5.75 Å². The first-order valence-electron chi connectivity index (χ1n) is 8.02. The third-order valence-electron chi connectivity index (χ3n) is 3.92. The number of hydrogen-bond acceptors (Lipinski definition) is 3. The summed E-state index contributed by atoms with van der Waals surface area (Å²) in [5, 5.41) is 2.91. The van der Waals surface area contributed by atoms with Gasteiger partial charge in [-0.05, 0) is 69.0 Å². The zero-order valence-electron chi connectivity index (χ0n) is 14.3. The van der Waals surface area contributed by atoms with Gasteiger partial charge in [0.05, 0.1) is 6.26 Å². The molecule has 0 radical (unpaired) electrons. The van der Waals surface area contributed by atoms with Gasteiger partial charge in [0, 0.05) is 13.0 Å². The van der Waals surface area contributed by atoms with Gasteiger partial charge in [-0.25, -0.2) is 0 Å². The van der Waals surface area contributed by atoms with Crippen LogP contribution in [0.1, 0.15) is 35.8 Å². The van der Waals surface area contributed by atoms with Crippen molar-refractivity contribution in [2.24, 2.45) is 0 Å². The molecule has 1 aromatic carbocycles. The second-order valence-electron chi connectivity index (χ2n) is 5.94. The second-order valence-corrected chi connectivity index (χ2v) is 5.94. The Hall–Kier alpha value is -2.23. The lowest BCUT2D eigenvalue weighted by molar-refractivity contribution is -0.127. The molecule has 1 heterocycles. The van der Waals surface area contributed by atoms with Crippen LogP contribution in [0.15, 0.2) is 34.9 Å². The fraction of sp³-hybridized carbons (Fsp3) is 0.421. The number of carbonyl (C=O) groups excluding carboxylic acids is 1. The number of benzene rings is 1. The van der Waals surface area contributed by atoms with Crippen LogP contribution >= 0.6 is 0 Å². The van der Waals surface area contributed by atoms with E-state index >= 15 is 0 Å². The van der Waals surface area contributed by atoms with Gasteiger partial charge >= 0.3 is 0 Å².